The zero-order valence-corrected chi connectivity index (χ0v) is 12.6. The fourth-order valence-electron chi connectivity index (χ4n) is 2.89. The highest BCUT2D eigenvalue weighted by atomic mass is 16.5. The lowest BCUT2D eigenvalue weighted by Crippen LogP contribution is -2.60. The Bertz CT molecular complexity index is 417. The van der Waals surface area contributed by atoms with Crippen molar-refractivity contribution in [2.45, 2.75) is 59.2 Å². The van der Waals surface area contributed by atoms with Gasteiger partial charge >= 0.3 is 0 Å². The maximum Gasteiger partial charge on any atom is 0.0655 e. The van der Waals surface area contributed by atoms with Crippen LogP contribution in [0.4, 0.5) is 0 Å². The number of aromatic nitrogens is 1. The number of nitrogens with zero attached hydrogens (tertiary/aromatic N) is 1. The van der Waals surface area contributed by atoms with Crippen molar-refractivity contribution in [3.63, 3.8) is 0 Å². The van der Waals surface area contributed by atoms with Gasteiger partial charge in [0.05, 0.1) is 11.8 Å². The van der Waals surface area contributed by atoms with Crippen molar-refractivity contribution in [2.24, 2.45) is 5.41 Å². The maximum absolute atomic E-state index is 5.76. The van der Waals surface area contributed by atoms with Crippen LogP contribution in [0.25, 0.3) is 0 Å². The summed E-state index contributed by atoms with van der Waals surface area (Å²) in [5.74, 6) is 0. The lowest BCUT2D eigenvalue weighted by molar-refractivity contribution is -0.114. The van der Waals surface area contributed by atoms with Crippen molar-refractivity contribution < 1.29 is 4.74 Å². The van der Waals surface area contributed by atoms with E-state index in [-0.39, 0.29) is 5.41 Å². The molecule has 2 unspecified atom stereocenters. The standard InChI is InChI=1S/C16H26N2O/c1-5-12-8-7-9-17-13(12)11-18-14-10-15(19-6-2)16(14,3)4/h7-9,14-15,18H,5-6,10-11H2,1-4H3. The molecule has 2 rings (SSSR count). The highest BCUT2D eigenvalue weighted by Crippen LogP contribution is 2.42. The molecule has 0 aromatic carbocycles. The Kier molecular flexibility index (Phi) is 4.58. The van der Waals surface area contributed by atoms with Crippen LogP contribution in [0.1, 0.15) is 45.4 Å². The van der Waals surface area contributed by atoms with Crippen LogP contribution in [0, 0.1) is 5.41 Å². The molecule has 1 fully saturated rings. The highest BCUT2D eigenvalue weighted by Gasteiger charge is 2.48. The topological polar surface area (TPSA) is 34.1 Å². The first-order chi connectivity index (χ1) is 9.09. The molecule has 1 aromatic heterocycles. The Hall–Kier alpha value is -0.930. The van der Waals surface area contributed by atoms with Gasteiger partial charge in [-0.1, -0.05) is 26.8 Å². The molecule has 1 aromatic rings. The summed E-state index contributed by atoms with van der Waals surface area (Å²) in [7, 11) is 0. The minimum absolute atomic E-state index is 0.219. The molecule has 3 heteroatoms. The van der Waals surface area contributed by atoms with Crippen molar-refractivity contribution >= 4 is 0 Å². The lowest BCUT2D eigenvalue weighted by atomic mass is 9.64. The number of hydrogen-bond donors (Lipinski definition) is 1. The Morgan fingerprint density at radius 3 is 2.84 bits per heavy atom. The molecule has 0 bridgehead atoms. The van der Waals surface area contributed by atoms with Crippen molar-refractivity contribution in [2.75, 3.05) is 6.61 Å². The first kappa shape index (κ1) is 14.5. The van der Waals surface area contributed by atoms with Crippen LogP contribution in [-0.4, -0.2) is 23.7 Å². The summed E-state index contributed by atoms with van der Waals surface area (Å²) in [6.45, 7) is 10.5. The van der Waals surface area contributed by atoms with Crippen molar-refractivity contribution in [1.82, 2.24) is 10.3 Å². The quantitative estimate of drug-likeness (QED) is 0.856. The predicted molar refractivity (Wildman–Crippen MR) is 78.1 cm³/mol. The molecule has 2 atom stereocenters. The van der Waals surface area contributed by atoms with E-state index in [0.717, 1.165) is 26.0 Å². The molecule has 0 saturated heterocycles. The molecule has 0 radical (unpaired) electrons. The van der Waals surface area contributed by atoms with Crippen LogP contribution in [-0.2, 0) is 17.7 Å². The Morgan fingerprint density at radius 2 is 2.21 bits per heavy atom. The summed E-state index contributed by atoms with van der Waals surface area (Å²) < 4.78 is 5.76. The monoisotopic (exact) mass is 262 g/mol. The lowest BCUT2D eigenvalue weighted by Gasteiger charge is -2.52. The molecule has 0 aliphatic heterocycles. The van der Waals surface area contributed by atoms with Gasteiger partial charge in [0.25, 0.3) is 0 Å². The normalized spacial score (nSPS) is 25.1. The number of rotatable bonds is 6. The van der Waals surface area contributed by atoms with Gasteiger partial charge in [-0.3, -0.25) is 4.98 Å². The molecular weight excluding hydrogens is 236 g/mol. The van der Waals surface area contributed by atoms with E-state index in [1.54, 1.807) is 0 Å². The van der Waals surface area contributed by atoms with E-state index in [1.807, 2.05) is 12.3 Å². The molecule has 3 nitrogen and oxygen atoms in total. The van der Waals surface area contributed by atoms with Crippen molar-refractivity contribution in [3.8, 4) is 0 Å². The minimum atomic E-state index is 0.219. The van der Waals surface area contributed by atoms with Crippen LogP contribution in [0.15, 0.2) is 18.3 Å². The van der Waals surface area contributed by atoms with Crippen LogP contribution in [0.3, 0.4) is 0 Å². The first-order valence-corrected chi connectivity index (χ1v) is 7.37. The summed E-state index contributed by atoms with van der Waals surface area (Å²) in [5.41, 5.74) is 2.74. The molecule has 1 saturated carbocycles. The molecule has 1 aliphatic carbocycles. The number of aryl methyl sites for hydroxylation is 1. The third-order valence-electron chi connectivity index (χ3n) is 4.43. The molecule has 0 spiro atoms. The second kappa shape index (κ2) is 6.02. The second-order valence-corrected chi connectivity index (χ2v) is 5.90. The van der Waals surface area contributed by atoms with Crippen LogP contribution < -0.4 is 5.32 Å². The number of pyridine rings is 1. The number of hydrogen-bond acceptors (Lipinski definition) is 3. The van der Waals surface area contributed by atoms with Gasteiger partial charge in [-0.05, 0) is 31.4 Å². The van der Waals surface area contributed by atoms with E-state index in [4.69, 9.17) is 4.74 Å². The maximum atomic E-state index is 5.76. The van der Waals surface area contributed by atoms with Gasteiger partial charge in [0.2, 0.25) is 0 Å². The van der Waals surface area contributed by atoms with Gasteiger partial charge in [-0.2, -0.15) is 0 Å². The van der Waals surface area contributed by atoms with E-state index in [9.17, 15) is 0 Å². The van der Waals surface area contributed by atoms with E-state index in [0.29, 0.717) is 12.1 Å². The average molecular weight is 262 g/mol. The fraction of sp³-hybridized carbons (Fsp3) is 0.688. The molecule has 1 N–H and O–H groups in total. The molecule has 19 heavy (non-hydrogen) atoms. The van der Waals surface area contributed by atoms with E-state index >= 15 is 0 Å². The van der Waals surface area contributed by atoms with Gasteiger partial charge in [0, 0.05) is 30.8 Å². The van der Waals surface area contributed by atoms with Gasteiger partial charge in [-0.25, -0.2) is 0 Å². The van der Waals surface area contributed by atoms with E-state index < -0.39 is 0 Å². The molecule has 0 amide bonds. The molecular formula is C16H26N2O. The Labute approximate surface area is 116 Å². The fourth-order valence-corrected chi connectivity index (χ4v) is 2.89. The molecule has 1 aliphatic rings. The molecule has 106 valence electrons. The van der Waals surface area contributed by atoms with Crippen molar-refractivity contribution in [3.05, 3.63) is 29.6 Å². The van der Waals surface area contributed by atoms with Crippen LogP contribution in [0.5, 0.6) is 0 Å². The van der Waals surface area contributed by atoms with Crippen molar-refractivity contribution in [1.29, 1.82) is 0 Å². The smallest absolute Gasteiger partial charge is 0.0655 e. The largest absolute Gasteiger partial charge is 0.378 e. The third kappa shape index (κ3) is 2.98. The highest BCUT2D eigenvalue weighted by molar-refractivity contribution is 5.19. The summed E-state index contributed by atoms with van der Waals surface area (Å²) in [6, 6.07) is 4.70. The number of nitrogens with one attached hydrogen (secondary N) is 1. The van der Waals surface area contributed by atoms with E-state index in [1.165, 1.54) is 11.3 Å². The average Bonchev–Trinajstić information content (AvgIpc) is 2.42. The van der Waals surface area contributed by atoms with Gasteiger partial charge < -0.3 is 10.1 Å². The van der Waals surface area contributed by atoms with Gasteiger partial charge in [0.1, 0.15) is 0 Å². The first-order valence-electron chi connectivity index (χ1n) is 7.37. The zero-order valence-electron chi connectivity index (χ0n) is 12.6. The number of ether oxygens (including phenoxy) is 1. The minimum Gasteiger partial charge on any atom is -0.378 e. The Balaban J connectivity index is 1.90. The van der Waals surface area contributed by atoms with Gasteiger partial charge in [0.15, 0.2) is 0 Å². The molecule has 1 heterocycles. The second-order valence-electron chi connectivity index (χ2n) is 5.90. The summed E-state index contributed by atoms with van der Waals surface area (Å²) in [5, 5.41) is 3.65. The van der Waals surface area contributed by atoms with Crippen LogP contribution in [0.2, 0.25) is 0 Å². The van der Waals surface area contributed by atoms with E-state index in [2.05, 4.69) is 44.1 Å². The summed E-state index contributed by atoms with van der Waals surface area (Å²) in [4.78, 5) is 4.49. The summed E-state index contributed by atoms with van der Waals surface area (Å²) >= 11 is 0. The SMILES string of the molecule is CCOC1CC(NCc2ncccc2CC)C1(C)C. The van der Waals surface area contributed by atoms with Gasteiger partial charge in [-0.15, -0.1) is 0 Å². The summed E-state index contributed by atoms with van der Waals surface area (Å²) in [6.07, 6.45) is 4.42. The van der Waals surface area contributed by atoms with Crippen LogP contribution >= 0.6 is 0 Å². The third-order valence-corrected chi connectivity index (χ3v) is 4.43. The predicted octanol–water partition coefficient (Wildman–Crippen LogP) is 2.94. The Morgan fingerprint density at radius 1 is 1.42 bits per heavy atom. The zero-order chi connectivity index (χ0) is 13.9.